The molecule has 13 heteroatoms. The number of carbonyl (C=O) groups is 1. The number of aromatic nitrogens is 4. The van der Waals surface area contributed by atoms with Gasteiger partial charge in [0, 0.05) is 36.9 Å². The lowest BCUT2D eigenvalue weighted by Gasteiger charge is -2.27. The molecule has 43 heavy (non-hydrogen) atoms. The van der Waals surface area contributed by atoms with Crippen molar-refractivity contribution < 1.29 is 32.5 Å². The minimum atomic E-state index is -1.08. The average molecular weight is 591 g/mol. The van der Waals surface area contributed by atoms with E-state index in [-0.39, 0.29) is 59.1 Å². The summed E-state index contributed by atoms with van der Waals surface area (Å²) in [6, 6.07) is 13.9. The third kappa shape index (κ3) is 5.92. The first-order valence-electron chi connectivity index (χ1n) is 13.0. The van der Waals surface area contributed by atoms with Gasteiger partial charge in [-0.1, -0.05) is 6.07 Å². The maximum absolute atomic E-state index is 15.3. The number of hydrogen-bond acceptors (Lipinski definition) is 7. The number of carboxylic acids is 1. The van der Waals surface area contributed by atoms with Gasteiger partial charge in [0.25, 0.3) is 0 Å². The molecule has 0 bridgehead atoms. The number of rotatable bonds is 9. The van der Waals surface area contributed by atoms with E-state index in [4.69, 9.17) is 14.7 Å². The summed E-state index contributed by atoms with van der Waals surface area (Å²) in [6.07, 6.45) is 2.09. The normalized spacial score (nSPS) is 14.1. The number of imidazole rings is 1. The van der Waals surface area contributed by atoms with Crippen LogP contribution < -0.4 is 10.9 Å². The van der Waals surface area contributed by atoms with Gasteiger partial charge < -0.3 is 25.3 Å². The number of nitriles is 1. The number of nitrogens with zero attached hydrogens (tertiary/aromatic N) is 5. The summed E-state index contributed by atoms with van der Waals surface area (Å²) in [5.74, 6) is -2.60. The van der Waals surface area contributed by atoms with E-state index in [9.17, 15) is 14.3 Å². The van der Waals surface area contributed by atoms with E-state index in [1.165, 1.54) is 36.5 Å². The highest BCUT2D eigenvalue weighted by Crippen LogP contribution is 2.26. The molecule has 3 heterocycles. The van der Waals surface area contributed by atoms with Gasteiger partial charge in [-0.2, -0.15) is 5.26 Å². The van der Waals surface area contributed by atoms with Crippen molar-refractivity contribution in [2.45, 2.75) is 32.1 Å². The van der Waals surface area contributed by atoms with Crippen molar-refractivity contribution in [2.24, 2.45) is 0 Å². The van der Waals surface area contributed by atoms with Gasteiger partial charge in [-0.25, -0.2) is 27.6 Å². The predicted octanol–water partition coefficient (Wildman–Crippen LogP) is 5.33. The molecule has 4 N–H and O–H groups in total. The molecule has 1 fully saturated rings. The van der Waals surface area contributed by atoms with Gasteiger partial charge in [0.15, 0.2) is 0 Å². The Bertz CT molecular complexity index is 1880. The summed E-state index contributed by atoms with van der Waals surface area (Å²) in [7, 11) is 0. The van der Waals surface area contributed by atoms with Crippen LogP contribution in [0.2, 0.25) is 0 Å². The molecular formula is C30H25F3N6O4. The molecule has 0 spiro atoms. The first kappa shape index (κ1) is 29.3. The van der Waals surface area contributed by atoms with Crippen LogP contribution in [0.3, 0.4) is 0 Å². The summed E-state index contributed by atoms with van der Waals surface area (Å²) >= 11 is 0. The molecule has 220 valence electrons. The van der Waals surface area contributed by atoms with Gasteiger partial charge in [-0.05, 0) is 48.4 Å². The number of ether oxygens (including phenoxy) is 2. The maximum Gasteiger partial charge on any atom is 0.335 e. The van der Waals surface area contributed by atoms with Gasteiger partial charge in [0.2, 0.25) is 5.88 Å². The van der Waals surface area contributed by atoms with Crippen LogP contribution in [0.4, 0.5) is 13.2 Å². The van der Waals surface area contributed by atoms with Crippen LogP contribution in [0.15, 0.2) is 60.8 Å². The highest BCUT2D eigenvalue weighted by atomic mass is 19.1. The summed E-state index contributed by atoms with van der Waals surface area (Å²) in [4.78, 5) is 16.1. The quantitative estimate of drug-likeness (QED) is 0.234. The summed E-state index contributed by atoms with van der Waals surface area (Å²) in [5, 5.41) is 22.4. The molecule has 1 atom stereocenters. The number of fused-ring (bicyclic) bond motifs is 1. The van der Waals surface area contributed by atoms with Gasteiger partial charge >= 0.3 is 5.97 Å². The third-order valence-corrected chi connectivity index (χ3v) is 7.09. The second-order valence-electron chi connectivity index (χ2n) is 9.81. The van der Waals surface area contributed by atoms with Gasteiger partial charge in [0.1, 0.15) is 35.6 Å². The number of aromatic carboxylic acids is 1. The van der Waals surface area contributed by atoms with Crippen molar-refractivity contribution in [3.63, 3.8) is 0 Å². The molecule has 0 radical (unpaired) electrons. The van der Waals surface area contributed by atoms with Crippen molar-refractivity contribution in [1.82, 2.24) is 25.5 Å². The third-order valence-electron chi connectivity index (χ3n) is 7.09. The van der Waals surface area contributed by atoms with E-state index in [0.29, 0.717) is 30.0 Å². The standard InChI is InChI=1S/C30H22F3N5O4.H3N/c31-22-9-17(14-34)1-2-19(22)16-42-29-5-7-38(36-29)26-13-23(32)20(10-24(26)33)12-28-35-25-4-3-18(30(39)40)11-27(25)37(28)15-21-6-8-41-21;/h1-5,7,9-11,13,21H,6,8,12,15-16H2,(H,39,40);1H3/t21-;/m0./s1. The van der Waals surface area contributed by atoms with E-state index < -0.39 is 23.4 Å². The Kier molecular flexibility index (Phi) is 8.16. The molecule has 6 rings (SSSR count). The van der Waals surface area contributed by atoms with Crippen LogP contribution >= 0.6 is 0 Å². The Morgan fingerprint density at radius 2 is 1.86 bits per heavy atom. The fraction of sp³-hybridized carbons (Fsp3) is 0.200. The number of benzene rings is 3. The lowest BCUT2D eigenvalue weighted by Crippen LogP contribution is -2.31. The van der Waals surface area contributed by atoms with Crippen LogP contribution in [0.1, 0.15) is 39.3 Å². The first-order valence-corrected chi connectivity index (χ1v) is 13.0. The van der Waals surface area contributed by atoms with Gasteiger partial charge in [-0.3, -0.25) is 0 Å². The Labute approximate surface area is 243 Å². The minimum absolute atomic E-state index is 0. The average Bonchev–Trinajstić information content (AvgIpc) is 3.55. The van der Waals surface area contributed by atoms with Crippen LogP contribution in [-0.4, -0.2) is 43.1 Å². The summed E-state index contributed by atoms with van der Waals surface area (Å²) in [5.41, 5.74) is 1.49. The highest BCUT2D eigenvalue weighted by molar-refractivity contribution is 5.92. The lowest BCUT2D eigenvalue weighted by molar-refractivity contribution is -0.0589. The Morgan fingerprint density at radius 3 is 2.56 bits per heavy atom. The molecule has 10 nitrogen and oxygen atoms in total. The molecule has 1 saturated heterocycles. The second-order valence-corrected chi connectivity index (χ2v) is 9.81. The largest absolute Gasteiger partial charge is 0.478 e. The van der Waals surface area contributed by atoms with E-state index in [1.807, 2.05) is 6.07 Å². The molecule has 1 aliphatic rings. The Morgan fingerprint density at radius 1 is 1.07 bits per heavy atom. The van der Waals surface area contributed by atoms with Crippen molar-refractivity contribution in [3.8, 4) is 17.6 Å². The Hall–Kier alpha value is -5.19. The first-order chi connectivity index (χ1) is 20.3. The molecular weight excluding hydrogens is 565 g/mol. The number of carboxylic acid groups (broad SMARTS) is 1. The van der Waals surface area contributed by atoms with Crippen molar-refractivity contribution in [2.75, 3.05) is 6.61 Å². The second kappa shape index (κ2) is 12.0. The van der Waals surface area contributed by atoms with E-state index in [2.05, 4.69) is 10.1 Å². The molecule has 0 amide bonds. The molecule has 0 unspecified atom stereocenters. The topological polar surface area (TPSA) is 150 Å². The number of hydrogen-bond donors (Lipinski definition) is 2. The van der Waals surface area contributed by atoms with Crippen LogP contribution in [0, 0.1) is 28.8 Å². The predicted molar refractivity (Wildman–Crippen MR) is 148 cm³/mol. The molecule has 2 aromatic heterocycles. The molecule has 1 aliphatic heterocycles. The van der Waals surface area contributed by atoms with E-state index in [0.717, 1.165) is 29.3 Å². The monoisotopic (exact) mass is 590 g/mol. The SMILES string of the molecule is N.N#Cc1ccc(COc2ccn(-c3cc(F)c(Cc4nc5ccc(C(=O)O)cc5n4C[C@@H]4CCO4)cc3F)n2)c(F)c1. The van der Waals surface area contributed by atoms with E-state index >= 15 is 8.78 Å². The zero-order chi connectivity index (χ0) is 29.4. The van der Waals surface area contributed by atoms with Crippen LogP contribution in [-0.2, 0) is 24.3 Å². The maximum atomic E-state index is 15.3. The summed E-state index contributed by atoms with van der Waals surface area (Å²) in [6.45, 7) is 0.853. The smallest absolute Gasteiger partial charge is 0.335 e. The van der Waals surface area contributed by atoms with Crippen molar-refractivity contribution >= 4 is 17.0 Å². The van der Waals surface area contributed by atoms with Crippen molar-refractivity contribution in [1.29, 1.82) is 5.26 Å². The van der Waals surface area contributed by atoms with E-state index in [1.54, 1.807) is 10.6 Å². The highest BCUT2D eigenvalue weighted by Gasteiger charge is 2.23. The van der Waals surface area contributed by atoms with Gasteiger partial charge in [-0.15, -0.1) is 5.10 Å². The summed E-state index contributed by atoms with van der Waals surface area (Å²) < 4.78 is 58.7. The fourth-order valence-electron chi connectivity index (χ4n) is 4.74. The molecule has 5 aromatic rings. The molecule has 0 aliphatic carbocycles. The Balaban J connectivity index is 0.00000368. The number of halogens is 3. The van der Waals surface area contributed by atoms with Crippen LogP contribution in [0.25, 0.3) is 16.7 Å². The molecule has 3 aromatic carbocycles. The van der Waals surface area contributed by atoms with Crippen molar-refractivity contribution in [3.05, 3.63) is 106 Å². The minimum Gasteiger partial charge on any atom is -0.478 e. The van der Waals surface area contributed by atoms with Gasteiger partial charge in [0.05, 0.1) is 40.9 Å². The molecule has 0 saturated carbocycles. The fourth-order valence-corrected chi connectivity index (χ4v) is 4.74. The zero-order valence-electron chi connectivity index (χ0n) is 22.6. The van der Waals surface area contributed by atoms with Crippen LogP contribution in [0.5, 0.6) is 5.88 Å². The zero-order valence-corrected chi connectivity index (χ0v) is 22.6. The lowest BCUT2D eigenvalue weighted by atomic mass is 10.1.